The maximum atomic E-state index is 13.5. The molecule has 1 aromatic carbocycles. The number of imidazole rings is 1. The molecule has 166 valence electrons. The minimum Gasteiger partial charge on any atom is -0.444 e. The number of likely N-dealkylation sites (tertiary alicyclic amines) is 1. The largest absolute Gasteiger partial charge is 0.444 e. The van der Waals surface area contributed by atoms with Gasteiger partial charge in [-0.15, -0.1) is 0 Å². The lowest BCUT2D eigenvalue weighted by Crippen LogP contribution is -2.47. The minimum absolute atomic E-state index is 0.0955. The van der Waals surface area contributed by atoms with Gasteiger partial charge in [-0.2, -0.15) is 0 Å². The average molecular weight is 489 g/mol. The van der Waals surface area contributed by atoms with Crippen molar-refractivity contribution in [1.29, 1.82) is 0 Å². The Morgan fingerprint density at radius 1 is 1.26 bits per heavy atom. The van der Waals surface area contributed by atoms with Crippen LogP contribution in [0.3, 0.4) is 0 Å². The highest BCUT2D eigenvalue weighted by Crippen LogP contribution is 2.31. The van der Waals surface area contributed by atoms with Crippen molar-refractivity contribution in [3.05, 3.63) is 52.5 Å². The van der Waals surface area contributed by atoms with E-state index in [1.807, 2.05) is 60.7 Å². The van der Waals surface area contributed by atoms with E-state index >= 15 is 0 Å². The first-order valence-corrected chi connectivity index (χ1v) is 11.5. The summed E-state index contributed by atoms with van der Waals surface area (Å²) in [6, 6.07) is 7.50. The lowest BCUT2D eigenvalue weighted by molar-refractivity contribution is -0.137. The van der Waals surface area contributed by atoms with E-state index in [-0.39, 0.29) is 12.0 Å². The van der Waals surface area contributed by atoms with Crippen LogP contribution < -0.4 is 0 Å². The van der Waals surface area contributed by atoms with Crippen LogP contribution >= 0.6 is 15.9 Å². The summed E-state index contributed by atoms with van der Waals surface area (Å²) in [5.41, 5.74) is 1.50. The Balaban J connectivity index is 1.43. The molecule has 8 heteroatoms. The van der Waals surface area contributed by atoms with E-state index in [9.17, 15) is 9.59 Å². The lowest BCUT2D eigenvalue weighted by atomic mass is 9.95. The molecule has 1 fully saturated rings. The Morgan fingerprint density at radius 2 is 2.00 bits per heavy atom. The Bertz CT molecular complexity index is 960. The summed E-state index contributed by atoms with van der Waals surface area (Å²) in [5.74, 6) is 0.457. The molecule has 0 saturated carbocycles. The van der Waals surface area contributed by atoms with Gasteiger partial charge in [0.2, 0.25) is 0 Å². The number of amides is 2. The van der Waals surface area contributed by atoms with Crippen LogP contribution in [0.15, 0.2) is 41.3 Å². The first-order valence-electron chi connectivity index (χ1n) is 10.7. The Labute approximate surface area is 191 Å². The van der Waals surface area contributed by atoms with Crippen molar-refractivity contribution < 1.29 is 14.3 Å². The molecule has 31 heavy (non-hydrogen) atoms. The van der Waals surface area contributed by atoms with Crippen molar-refractivity contribution in [2.45, 2.75) is 51.8 Å². The average Bonchev–Trinajstić information content (AvgIpc) is 3.15. The van der Waals surface area contributed by atoms with E-state index in [1.54, 1.807) is 11.2 Å². The number of halogens is 1. The molecule has 1 aromatic heterocycles. The molecule has 2 aliphatic heterocycles. The number of fused-ring (bicyclic) bond motifs is 1. The van der Waals surface area contributed by atoms with Crippen molar-refractivity contribution in [3.8, 4) is 0 Å². The molecule has 1 atom stereocenters. The van der Waals surface area contributed by atoms with Gasteiger partial charge < -0.3 is 19.1 Å². The van der Waals surface area contributed by atoms with Crippen LogP contribution in [0.5, 0.6) is 0 Å². The van der Waals surface area contributed by atoms with Gasteiger partial charge in [-0.25, -0.2) is 9.78 Å². The molecule has 4 rings (SSSR count). The number of ether oxygens (including phenoxy) is 1. The third kappa shape index (κ3) is 4.95. The Kier molecular flexibility index (Phi) is 6.10. The predicted molar refractivity (Wildman–Crippen MR) is 120 cm³/mol. The van der Waals surface area contributed by atoms with E-state index in [0.29, 0.717) is 32.1 Å². The fourth-order valence-electron chi connectivity index (χ4n) is 4.32. The van der Waals surface area contributed by atoms with Gasteiger partial charge in [-0.3, -0.25) is 4.79 Å². The van der Waals surface area contributed by atoms with Crippen molar-refractivity contribution in [3.63, 3.8) is 0 Å². The highest BCUT2D eigenvalue weighted by atomic mass is 79.9. The zero-order chi connectivity index (χ0) is 22.2. The van der Waals surface area contributed by atoms with Crippen LogP contribution in [0.2, 0.25) is 0 Å². The summed E-state index contributed by atoms with van der Waals surface area (Å²) < 4.78 is 8.42. The first kappa shape index (κ1) is 21.9. The molecule has 0 bridgehead atoms. The summed E-state index contributed by atoms with van der Waals surface area (Å²) in [6.45, 7) is 8.22. The van der Waals surface area contributed by atoms with E-state index in [1.165, 1.54) is 0 Å². The molecular formula is C23H29BrN4O3. The Hall–Kier alpha value is -2.35. The van der Waals surface area contributed by atoms with E-state index in [2.05, 4.69) is 20.9 Å². The molecule has 2 aliphatic rings. The quantitative estimate of drug-likeness (QED) is 0.648. The molecule has 2 aromatic rings. The second-order valence-electron chi connectivity index (χ2n) is 9.38. The van der Waals surface area contributed by atoms with Crippen LogP contribution in [-0.4, -0.2) is 56.6 Å². The zero-order valence-corrected chi connectivity index (χ0v) is 19.8. The predicted octanol–water partition coefficient (Wildman–Crippen LogP) is 4.22. The van der Waals surface area contributed by atoms with Crippen LogP contribution in [-0.2, 0) is 16.1 Å². The molecule has 0 aliphatic carbocycles. The monoisotopic (exact) mass is 488 g/mol. The van der Waals surface area contributed by atoms with Crippen molar-refractivity contribution in [1.82, 2.24) is 19.4 Å². The maximum absolute atomic E-state index is 13.5. The third-order valence-electron chi connectivity index (χ3n) is 5.83. The number of aromatic nitrogens is 2. The second-order valence-corrected chi connectivity index (χ2v) is 10.3. The van der Waals surface area contributed by atoms with E-state index < -0.39 is 11.6 Å². The fourth-order valence-corrected chi connectivity index (χ4v) is 4.74. The standard InChI is InChI=1S/C23H29BrN4O3/c1-23(2,3)31-22(30)26-9-7-16(8-10-26)13-27-14-19-12-25-15-28(19)20(21(27)29)17-5-4-6-18(24)11-17/h4-6,11-12,15-16,20H,7-10,13-14H2,1-3H3. The number of nitrogens with zero attached hydrogens (tertiary/aromatic N) is 4. The molecular weight excluding hydrogens is 460 g/mol. The van der Waals surface area contributed by atoms with Crippen LogP contribution in [0.4, 0.5) is 4.79 Å². The van der Waals surface area contributed by atoms with Gasteiger partial charge in [0.15, 0.2) is 0 Å². The molecule has 3 heterocycles. The van der Waals surface area contributed by atoms with Crippen molar-refractivity contribution in [2.75, 3.05) is 19.6 Å². The number of piperidine rings is 1. The molecule has 0 spiro atoms. The summed E-state index contributed by atoms with van der Waals surface area (Å²) in [5, 5.41) is 0. The molecule has 1 saturated heterocycles. The molecule has 7 nitrogen and oxygen atoms in total. The number of rotatable bonds is 3. The summed E-state index contributed by atoms with van der Waals surface area (Å²) in [7, 11) is 0. The van der Waals surface area contributed by atoms with Gasteiger partial charge >= 0.3 is 6.09 Å². The highest BCUT2D eigenvalue weighted by molar-refractivity contribution is 9.10. The first-order chi connectivity index (χ1) is 14.7. The van der Waals surface area contributed by atoms with Gasteiger partial charge in [-0.1, -0.05) is 28.1 Å². The SMILES string of the molecule is CC(C)(C)OC(=O)N1CCC(CN2Cc3cncn3C(c3cccc(Br)c3)C2=O)CC1. The number of benzene rings is 1. The third-order valence-corrected chi connectivity index (χ3v) is 6.33. The number of carbonyl (C=O) groups is 2. The zero-order valence-electron chi connectivity index (χ0n) is 18.3. The van der Waals surface area contributed by atoms with Gasteiger partial charge in [0.1, 0.15) is 11.6 Å². The summed E-state index contributed by atoms with van der Waals surface area (Å²) >= 11 is 3.52. The van der Waals surface area contributed by atoms with Crippen LogP contribution in [0, 0.1) is 5.92 Å². The fraction of sp³-hybridized carbons (Fsp3) is 0.522. The molecule has 0 radical (unpaired) electrons. The summed E-state index contributed by atoms with van der Waals surface area (Å²) in [6.07, 6.45) is 5.07. The van der Waals surface area contributed by atoms with Gasteiger partial charge in [0, 0.05) is 30.3 Å². The number of hydrogen-bond donors (Lipinski definition) is 0. The van der Waals surface area contributed by atoms with Crippen molar-refractivity contribution >= 4 is 27.9 Å². The molecule has 0 N–H and O–H groups in total. The Morgan fingerprint density at radius 3 is 2.68 bits per heavy atom. The smallest absolute Gasteiger partial charge is 0.410 e. The van der Waals surface area contributed by atoms with Gasteiger partial charge in [0.05, 0.1) is 18.6 Å². The normalized spacial score (nSPS) is 20.0. The molecule has 1 unspecified atom stereocenters. The second kappa shape index (κ2) is 8.65. The summed E-state index contributed by atoms with van der Waals surface area (Å²) in [4.78, 5) is 33.8. The molecule has 2 amide bonds. The van der Waals surface area contributed by atoms with Gasteiger partial charge in [0.25, 0.3) is 5.91 Å². The number of carbonyl (C=O) groups excluding carboxylic acids is 2. The topological polar surface area (TPSA) is 67.7 Å². The van der Waals surface area contributed by atoms with Crippen LogP contribution in [0.25, 0.3) is 0 Å². The van der Waals surface area contributed by atoms with Crippen molar-refractivity contribution in [2.24, 2.45) is 5.92 Å². The maximum Gasteiger partial charge on any atom is 0.410 e. The number of hydrogen-bond acceptors (Lipinski definition) is 4. The minimum atomic E-state index is -0.488. The van der Waals surface area contributed by atoms with E-state index in [4.69, 9.17) is 4.74 Å². The van der Waals surface area contributed by atoms with E-state index in [0.717, 1.165) is 28.6 Å². The van der Waals surface area contributed by atoms with Crippen LogP contribution in [0.1, 0.15) is 50.9 Å². The lowest BCUT2D eigenvalue weighted by Gasteiger charge is -2.39. The van der Waals surface area contributed by atoms with Gasteiger partial charge in [-0.05, 0) is 57.2 Å². The highest BCUT2D eigenvalue weighted by Gasteiger charge is 2.36.